The first-order chi connectivity index (χ1) is 12.1. The van der Waals surface area contributed by atoms with Crippen LogP contribution in [0.5, 0.6) is 17.2 Å². The molecule has 5 nitrogen and oxygen atoms in total. The van der Waals surface area contributed by atoms with Crippen molar-refractivity contribution in [2.45, 2.75) is 20.8 Å². The van der Waals surface area contributed by atoms with Gasteiger partial charge in [0.05, 0.1) is 19.4 Å². The summed E-state index contributed by atoms with van der Waals surface area (Å²) in [6.07, 6.45) is 1.65. The van der Waals surface area contributed by atoms with Gasteiger partial charge in [-0.2, -0.15) is 0 Å². The first-order valence-electron chi connectivity index (χ1n) is 8.55. The third kappa shape index (κ3) is 4.66. The molecule has 2 rings (SSSR count). The molecule has 0 atom stereocenters. The van der Waals surface area contributed by atoms with Gasteiger partial charge in [0.1, 0.15) is 5.75 Å². The zero-order chi connectivity index (χ0) is 18.2. The van der Waals surface area contributed by atoms with Crippen molar-refractivity contribution in [2.24, 2.45) is 4.99 Å². The Morgan fingerprint density at radius 3 is 2.40 bits per heavy atom. The number of phenols is 1. The van der Waals surface area contributed by atoms with Crippen molar-refractivity contribution in [3.63, 3.8) is 0 Å². The molecule has 0 aromatic heterocycles. The highest BCUT2D eigenvalue weighted by Crippen LogP contribution is 2.31. The molecule has 0 amide bonds. The van der Waals surface area contributed by atoms with Gasteiger partial charge in [0.2, 0.25) is 0 Å². The Kier molecular flexibility index (Phi) is 6.69. The van der Waals surface area contributed by atoms with Crippen molar-refractivity contribution < 1.29 is 14.6 Å². The molecule has 5 heteroatoms. The number of anilines is 1. The number of aliphatic imine (C=N–C) groups is 1. The maximum Gasteiger partial charge on any atom is 0.162 e. The highest BCUT2D eigenvalue weighted by Gasteiger charge is 2.07. The van der Waals surface area contributed by atoms with Gasteiger partial charge in [0.15, 0.2) is 11.5 Å². The molecular formula is C20H26N2O3. The van der Waals surface area contributed by atoms with Gasteiger partial charge in [-0.1, -0.05) is 0 Å². The summed E-state index contributed by atoms with van der Waals surface area (Å²) >= 11 is 0. The van der Waals surface area contributed by atoms with Gasteiger partial charge in [-0.25, -0.2) is 0 Å². The fourth-order valence-corrected chi connectivity index (χ4v) is 2.58. The standard InChI is InChI=1S/C20H26N2O3/c1-5-22(6-2)17-10-8-15(18(23)13-17)14-21-16-9-11-19(25-7-3)20(12-16)24-4/h8-14,23H,5-7H2,1-4H3. The van der Waals surface area contributed by atoms with Crippen molar-refractivity contribution >= 4 is 17.6 Å². The van der Waals surface area contributed by atoms with E-state index in [1.54, 1.807) is 19.4 Å². The molecule has 0 saturated carbocycles. The van der Waals surface area contributed by atoms with E-state index in [2.05, 4.69) is 23.7 Å². The molecule has 0 aliphatic carbocycles. The average molecular weight is 342 g/mol. The highest BCUT2D eigenvalue weighted by atomic mass is 16.5. The number of rotatable bonds is 8. The van der Waals surface area contributed by atoms with Crippen molar-refractivity contribution in [3.8, 4) is 17.2 Å². The highest BCUT2D eigenvalue weighted by molar-refractivity contribution is 5.86. The van der Waals surface area contributed by atoms with Crippen LogP contribution in [0.4, 0.5) is 11.4 Å². The van der Waals surface area contributed by atoms with E-state index in [4.69, 9.17) is 9.47 Å². The predicted octanol–water partition coefficient (Wildman–Crippen LogP) is 4.40. The summed E-state index contributed by atoms with van der Waals surface area (Å²) in [4.78, 5) is 6.61. The SMILES string of the molecule is CCOc1ccc(N=Cc2ccc(N(CC)CC)cc2O)cc1OC. The molecule has 0 aliphatic rings. The van der Waals surface area contributed by atoms with Crippen LogP contribution in [0.15, 0.2) is 41.4 Å². The fraction of sp³-hybridized carbons (Fsp3) is 0.350. The van der Waals surface area contributed by atoms with Crippen LogP contribution in [0.25, 0.3) is 0 Å². The average Bonchev–Trinajstić information content (AvgIpc) is 2.63. The molecular weight excluding hydrogens is 316 g/mol. The van der Waals surface area contributed by atoms with Gasteiger partial charge >= 0.3 is 0 Å². The molecule has 0 aliphatic heterocycles. The molecule has 0 saturated heterocycles. The van der Waals surface area contributed by atoms with Crippen LogP contribution in [0.2, 0.25) is 0 Å². The number of benzene rings is 2. The number of phenolic OH excluding ortho intramolecular Hbond substituents is 1. The fourth-order valence-electron chi connectivity index (χ4n) is 2.58. The Labute approximate surface area is 149 Å². The van der Waals surface area contributed by atoms with Crippen molar-refractivity contribution in [1.29, 1.82) is 0 Å². The molecule has 1 N–H and O–H groups in total. The minimum Gasteiger partial charge on any atom is -0.507 e. The normalized spacial score (nSPS) is 10.9. The van der Waals surface area contributed by atoms with Crippen LogP contribution >= 0.6 is 0 Å². The van der Waals surface area contributed by atoms with E-state index in [1.807, 2.05) is 37.3 Å². The van der Waals surface area contributed by atoms with E-state index in [9.17, 15) is 5.11 Å². The van der Waals surface area contributed by atoms with E-state index in [0.29, 0.717) is 23.7 Å². The molecule has 25 heavy (non-hydrogen) atoms. The van der Waals surface area contributed by atoms with E-state index < -0.39 is 0 Å². The van der Waals surface area contributed by atoms with Crippen LogP contribution in [-0.2, 0) is 0 Å². The lowest BCUT2D eigenvalue weighted by atomic mass is 10.1. The Balaban J connectivity index is 2.21. The zero-order valence-corrected chi connectivity index (χ0v) is 15.3. The van der Waals surface area contributed by atoms with E-state index in [-0.39, 0.29) is 5.75 Å². The van der Waals surface area contributed by atoms with Gasteiger partial charge in [-0.3, -0.25) is 4.99 Å². The maximum atomic E-state index is 10.3. The Morgan fingerprint density at radius 2 is 1.80 bits per heavy atom. The second kappa shape index (κ2) is 8.97. The van der Waals surface area contributed by atoms with Gasteiger partial charge in [-0.05, 0) is 45.0 Å². The van der Waals surface area contributed by atoms with Gasteiger partial charge in [-0.15, -0.1) is 0 Å². The summed E-state index contributed by atoms with van der Waals surface area (Å²) in [5.41, 5.74) is 2.40. The van der Waals surface area contributed by atoms with E-state index in [1.165, 1.54) is 0 Å². The topological polar surface area (TPSA) is 54.3 Å². The molecule has 0 heterocycles. The summed E-state index contributed by atoms with van der Waals surface area (Å²) in [5, 5.41) is 10.3. The lowest BCUT2D eigenvalue weighted by Gasteiger charge is -2.21. The molecule has 0 fully saturated rings. The Bertz CT molecular complexity index is 725. The Hall–Kier alpha value is -2.69. The molecule has 0 spiro atoms. The smallest absolute Gasteiger partial charge is 0.162 e. The number of aromatic hydroxyl groups is 1. The zero-order valence-electron chi connectivity index (χ0n) is 15.3. The predicted molar refractivity (Wildman–Crippen MR) is 103 cm³/mol. The first-order valence-corrected chi connectivity index (χ1v) is 8.55. The molecule has 0 unspecified atom stereocenters. The summed E-state index contributed by atoms with van der Waals surface area (Å²) in [7, 11) is 1.60. The second-order valence-electron chi connectivity index (χ2n) is 5.44. The quantitative estimate of drug-likeness (QED) is 0.723. The van der Waals surface area contributed by atoms with Crippen molar-refractivity contribution in [2.75, 3.05) is 31.7 Å². The molecule has 2 aromatic rings. The van der Waals surface area contributed by atoms with E-state index >= 15 is 0 Å². The second-order valence-corrected chi connectivity index (χ2v) is 5.44. The molecule has 134 valence electrons. The largest absolute Gasteiger partial charge is 0.507 e. The summed E-state index contributed by atoms with van der Waals surface area (Å²) in [6.45, 7) is 8.48. The third-order valence-corrected chi connectivity index (χ3v) is 3.94. The van der Waals surface area contributed by atoms with E-state index in [0.717, 1.165) is 24.5 Å². The van der Waals surface area contributed by atoms with Crippen LogP contribution in [-0.4, -0.2) is 38.1 Å². The summed E-state index contributed by atoms with van der Waals surface area (Å²) < 4.78 is 10.8. The van der Waals surface area contributed by atoms with Crippen LogP contribution in [0, 0.1) is 0 Å². The molecule has 2 aromatic carbocycles. The third-order valence-electron chi connectivity index (χ3n) is 3.94. The number of methoxy groups -OCH3 is 1. The van der Waals surface area contributed by atoms with Crippen LogP contribution in [0.3, 0.4) is 0 Å². The molecule has 0 radical (unpaired) electrons. The van der Waals surface area contributed by atoms with Gasteiger partial charge in [0, 0.05) is 42.7 Å². The lowest BCUT2D eigenvalue weighted by Crippen LogP contribution is -2.21. The first kappa shape index (κ1) is 18.6. The maximum absolute atomic E-state index is 10.3. The number of ether oxygens (including phenoxy) is 2. The molecule has 0 bridgehead atoms. The van der Waals surface area contributed by atoms with Gasteiger partial charge < -0.3 is 19.5 Å². The minimum absolute atomic E-state index is 0.214. The van der Waals surface area contributed by atoms with Crippen molar-refractivity contribution in [3.05, 3.63) is 42.0 Å². The number of hydrogen-bond donors (Lipinski definition) is 1. The number of nitrogens with zero attached hydrogens (tertiary/aromatic N) is 2. The Morgan fingerprint density at radius 1 is 1.04 bits per heavy atom. The summed E-state index contributed by atoms with van der Waals surface area (Å²) in [5.74, 6) is 1.54. The van der Waals surface area contributed by atoms with Gasteiger partial charge in [0.25, 0.3) is 0 Å². The van der Waals surface area contributed by atoms with Crippen molar-refractivity contribution in [1.82, 2.24) is 0 Å². The monoisotopic (exact) mass is 342 g/mol. The lowest BCUT2D eigenvalue weighted by molar-refractivity contribution is 0.311. The summed E-state index contributed by atoms with van der Waals surface area (Å²) in [6, 6.07) is 11.1. The number of hydrogen-bond acceptors (Lipinski definition) is 5. The minimum atomic E-state index is 0.214. The van der Waals surface area contributed by atoms with Crippen LogP contribution < -0.4 is 14.4 Å². The van der Waals surface area contributed by atoms with Crippen LogP contribution in [0.1, 0.15) is 26.3 Å².